The number of rotatable bonds is 3. The molecule has 0 aliphatic rings. The van der Waals surface area contributed by atoms with Gasteiger partial charge in [-0.1, -0.05) is 35.9 Å². The molecule has 2 aromatic rings. The fourth-order valence-electron chi connectivity index (χ4n) is 1.77. The highest BCUT2D eigenvalue weighted by molar-refractivity contribution is 6.30. The molecule has 0 aliphatic carbocycles. The van der Waals surface area contributed by atoms with Crippen molar-refractivity contribution in [2.45, 2.75) is 6.42 Å². The van der Waals surface area contributed by atoms with Gasteiger partial charge < -0.3 is 5.73 Å². The van der Waals surface area contributed by atoms with E-state index in [0.717, 1.165) is 5.56 Å². The maximum atomic E-state index is 10.9. The molecule has 0 saturated heterocycles. The molecule has 0 radical (unpaired) electrons. The number of hydrogen-bond acceptors (Lipinski definition) is 3. The average Bonchev–Trinajstić information content (AvgIpc) is 2.33. The SMILES string of the molecule is Nc1cc(Cl)ccc1Cc1ccccc1[N+](=O)[O-]. The normalized spacial score (nSPS) is 10.3. The van der Waals surface area contributed by atoms with Crippen molar-refractivity contribution in [1.82, 2.24) is 0 Å². The van der Waals surface area contributed by atoms with Gasteiger partial charge in [0.2, 0.25) is 0 Å². The lowest BCUT2D eigenvalue weighted by Gasteiger charge is -2.06. The maximum absolute atomic E-state index is 10.9. The second-order valence-corrected chi connectivity index (χ2v) is 4.34. The highest BCUT2D eigenvalue weighted by Gasteiger charge is 2.13. The molecule has 0 fully saturated rings. The molecule has 2 aromatic carbocycles. The summed E-state index contributed by atoms with van der Waals surface area (Å²) in [5.74, 6) is 0. The summed E-state index contributed by atoms with van der Waals surface area (Å²) in [6, 6.07) is 11.8. The lowest BCUT2D eigenvalue weighted by Crippen LogP contribution is -1.99. The zero-order chi connectivity index (χ0) is 13.1. The van der Waals surface area contributed by atoms with Crippen molar-refractivity contribution in [2.75, 3.05) is 5.73 Å². The zero-order valence-electron chi connectivity index (χ0n) is 9.47. The minimum Gasteiger partial charge on any atom is -0.398 e. The van der Waals surface area contributed by atoms with E-state index in [4.69, 9.17) is 17.3 Å². The van der Waals surface area contributed by atoms with E-state index >= 15 is 0 Å². The molecule has 0 aromatic heterocycles. The number of hydrogen-bond donors (Lipinski definition) is 1. The van der Waals surface area contributed by atoms with Gasteiger partial charge in [0.05, 0.1) is 4.92 Å². The van der Waals surface area contributed by atoms with Crippen molar-refractivity contribution in [3.05, 3.63) is 68.7 Å². The second-order valence-electron chi connectivity index (χ2n) is 3.91. The van der Waals surface area contributed by atoms with Crippen LogP contribution in [0.4, 0.5) is 11.4 Å². The molecule has 5 heteroatoms. The Labute approximate surface area is 109 Å². The van der Waals surface area contributed by atoms with Gasteiger partial charge in [0, 0.05) is 28.8 Å². The van der Waals surface area contributed by atoms with E-state index in [9.17, 15) is 10.1 Å². The van der Waals surface area contributed by atoms with Crippen LogP contribution in [0.25, 0.3) is 0 Å². The van der Waals surface area contributed by atoms with Gasteiger partial charge in [-0.15, -0.1) is 0 Å². The fraction of sp³-hybridized carbons (Fsp3) is 0.0769. The Morgan fingerprint density at radius 1 is 1.17 bits per heavy atom. The second kappa shape index (κ2) is 5.06. The molecule has 0 heterocycles. The summed E-state index contributed by atoms with van der Waals surface area (Å²) in [4.78, 5) is 10.5. The highest BCUT2D eigenvalue weighted by Crippen LogP contribution is 2.25. The lowest BCUT2D eigenvalue weighted by atomic mass is 10.0. The third-order valence-corrected chi connectivity index (χ3v) is 2.91. The lowest BCUT2D eigenvalue weighted by molar-refractivity contribution is -0.385. The van der Waals surface area contributed by atoms with Crippen molar-refractivity contribution >= 4 is 23.0 Å². The molecule has 0 saturated carbocycles. The Bertz CT molecular complexity index is 599. The van der Waals surface area contributed by atoms with Crippen LogP contribution in [0.15, 0.2) is 42.5 Å². The van der Waals surface area contributed by atoms with Crippen LogP contribution in [-0.4, -0.2) is 4.92 Å². The minimum atomic E-state index is -0.387. The smallest absolute Gasteiger partial charge is 0.272 e. The van der Waals surface area contributed by atoms with E-state index in [1.165, 1.54) is 6.07 Å². The average molecular weight is 263 g/mol. The van der Waals surface area contributed by atoms with Gasteiger partial charge in [-0.2, -0.15) is 0 Å². The van der Waals surface area contributed by atoms with E-state index in [0.29, 0.717) is 22.7 Å². The number of nitrogens with two attached hydrogens (primary N) is 1. The summed E-state index contributed by atoms with van der Waals surface area (Å²) in [7, 11) is 0. The summed E-state index contributed by atoms with van der Waals surface area (Å²) in [5.41, 5.74) is 7.95. The van der Waals surface area contributed by atoms with Gasteiger partial charge >= 0.3 is 0 Å². The van der Waals surface area contributed by atoms with Gasteiger partial charge in [0.25, 0.3) is 5.69 Å². The Morgan fingerprint density at radius 3 is 2.56 bits per heavy atom. The largest absolute Gasteiger partial charge is 0.398 e. The quantitative estimate of drug-likeness (QED) is 0.523. The third kappa shape index (κ3) is 2.60. The summed E-state index contributed by atoms with van der Waals surface area (Å²) >= 11 is 5.81. The van der Waals surface area contributed by atoms with Crippen LogP contribution in [0.2, 0.25) is 5.02 Å². The number of benzene rings is 2. The van der Waals surface area contributed by atoms with Crippen LogP contribution in [0.1, 0.15) is 11.1 Å². The number of anilines is 1. The number of para-hydroxylation sites is 1. The topological polar surface area (TPSA) is 69.2 Å². The van der Waals surface area contributed by atoms with Crippen molar-refractivity contribution in [3.63, 3.8) is 0 Å². The minimum absolute atomic E-state index is 0.104. The third-order valence-electron chi connectivity index (χ3n) is 2.68. The monoisotopic (exact) mass is 262 g/mol. The number of halogens is 1. The van der Waals surface area contributed by atoms with Crippen molar-refractivity contribution in [1.29, 1.82) is 0 Å². The van der Waals surface area contributed by atoms with Gasteiger partial charge in [0.1, 0.15) is 0 Å². The predicted octanol–water partition coefficient (Wildman–Crippen LogP) is 3.42. The Hall–Kier alpha value is -2.07. The van der Waals surface area contributed by atoms with Gasteiger partial charge in [-0.3, -0.25) is 10.1 Å². The van der Waals surface area contributed by atoms with Gasteiger partial charge in [-0.05, 0) is 17.7 Å². The molecule has 0 unspecified atom stereocenters. The molecular formula is C13H11ClN2O2. The first-order chi connectivity index (χ1) is 8.58. The van der Waals surface area contributed by atoms with Crippen LogP contribution in [-0.2, 0) is 6.42 Å². The highest BCUT2D eigenvalue weighted by atomic mass is 35.5. The Balaban J connectivity index is 2.37. The first-order valence-corrected chi connectivity index (χ1v) is 5.72. The predicted molar refractivity (Wildman–Crippen MR) is 71.8 cm³/mol. The fourth-order valence-corrected chi connectivity index (χ4v) is 1.95. The summed E-state index contributed by atoms with van der Waals surface area (Å²) < 4.78 is 0. The van der Waals surface area contributed by atoms with Crippen LogP contribution >= 0.6 is 11.6 Å². The molecule has 0 amide bonds. The summed E-state index contributed by atoms with van der Waals surface area (Å²) in [5, 5.41) is 11.5. The molecule has 2 rings (SSSR count). The Morgan fingerprint density at radius 2 is 1.89 bits per heavy atom. The summed E-state index contributed by atoms with van der Waals surface area (Å²) in [6.45, 7) is 0. The van der Waals surface area contributed by atoms with Crippen LogP contribution < -0.4 is 5.73 Å². The molecular weight excluding hydrogens is 252 g/mol. The molecule has 0 aliphatic heterocycles. The summed E-state index contributed by atoms with van der Waals surface area (Å²) in [6.07, 6.45) is 0.417. The van der Waals surface area contributed by atoms with E-state index in [1.54, 1.807) is 36.4 Å². The molecule has 18 heavy (non-hydrogen) atoms. The first kappa shape index (κ1) is 12.4. The number of nitro benzene ring substituents is 1. The van der Waals surface area contributed by atoms with Crippen molar-refractivity contribution < 1.29 is 4.92 Å². The number of nitro groups is 1. The Kier molecular flexibility index (Phi) is 3.48. The van der Waals surface area contributed by atoms with Crippen molar-refractivity contribution in [2.24, 2.45) is 0 Å². The standard InChI is InChI=1S/C13H11ClN2O2/c14-11-6-5-9(12(15)8-11)7-10-3-1-2-4-13(10)16(17)18/h1-6,8H,7,15H2. The first-order valence-electron chi connectivity index (χ1n) is 5.34. The van der Waals surface area contributed by atoms with Crippen LogP contribution in [0, 0.1) is 10.1 Å². The molecule has 0 atom stereocenters. The van der Waals surface area contributed by atoms with Gasteiger partial charge in [-0.25, -0.2) is 0 Å². The van der Waals surface area contributed by atoms with Crippen LogP contribution in [0.5, 0.6) is 0 Å². The van der Waals surface area contributed by atoms with E-state index in [1.807, 2.05) is 0 Å². The maximum Gasteiger partial charge on any atom is 0.272 e. The molecule has 0 bridgehead atoms. The van der Waals surface area contributed by atoms with Crippen molar-refractivity contribution in [3.8, 4) is 0 Å². The molecule has 2 N–H and O–H groups in total. The van der Waals surface area contributed by atoms with Crippen LogP contribution in [0.3, 0.4) is 0 Å². The number of nitrogens with zero attached hydrogens (tertiary/aromatic N) is 1. The zero-order valence-corrected chi connectivity index (χ0v) is 10.2. The molecule has 4 nitrogen and oxygen atoms in total. The van der Waals surface area contributed by atoms with Gasteiger partial charge in [0.15, 0.2) is 0 Å². The van der Waals surface area contributed by atoms with E-state index in [-0.39, 0.29) is 10.6 Å². The molecule has 0 spiro atoms. The number of nitrogen functional groups attached to an aromatic ring is 1. The molecule has 92 valence electrons. The van der Waals surface area contributed by atoms with E-state index in [2.05, 4.69) is 0 Å². The van der Waals surface area contributed by atoms with E-state index < -0.39 is 0 Å².